The molecule has 2 rings (SSSR count). The van der Waals surface area contributed by atoms with Crippen LogP contribution < -0.4 is 10.5 Å². The van der Waals surface area contributed by atoms with Crippen molar-refractivity contribution < 1.29 is 9.47 Å². The first kappa shape index (κ1) is 15.3. The smallest absolute Gasteiger partial charge is 0.119 e. The Hall–Kier alpha value is -1.06. The van der Waals surface area contributed by atoms with Crippen molar-refractivity contribution in [1.82, 2.24) is 0 Å². The number of rotatable bonds is 7. The minimum Gasteiger partial charge on any atom is -0.491 e. The lowest BCUT2D eigenvalue weighted by molar-refractivity contribution is 0.0254. The largest absolute Gasteiger partial charge is 0.491 e. The third kappa shape index (κ3) is 5.51. The van der Waals surface area contributed by atoms with Crippen LogP contribution in [0.15, 0.2) is 24.3 Å². The summed E-state index contributed by atoms with van der Waals surface area (Å²) in [5.74, 6) is 0.912. The van der Waals surface area contributed by atoms with Gasteiger partial charge >= 0.3 is 0 Å². The van der Waals surface area contributed by atoms with Gasteiger partial charge in [0.2, 0.25) is 0 Å². The van der Waals surface area contributed by atoms with Gasteiger partial charge in [-0.2, -0.15) is 0 Å². The van der Waals surface area contributed by atoms with E-state index in [4.69, 9.17) is 15.2 Å². The van der Waals surface area contributed by atoms with E-state index in [1.807, 2.05) is 12.1 Å². The van der Waals surface area contributed by atoms with E-state index >= 15 is 0 Å². The average Bonchev–Trinajstić information content (AvgIpc) is 2.74. The molecule has 0 aromatic heterocycles. The predicted molar refractivity (Wildman–Crippen MR) is 82.1 cm³/mol. The van der Waals surface area contributed by atoms with Gasteiger partial charge in [-0.3, -0.25) is 0 Å². The molecule has 0 spiro atoms. The predicted octanol–water partition coefficient (Wildman–Crippen LogP) is 3.31. The van der Waals surface area contributed by atoms with E-state index in [9.17, 15) is 0 Å². The van der Waals surface area contributed by atoms with Gasteiger partial charge in [0.25, 0.3) is 0 Å². The molecular formula is C17H27NO2. The molecule has 20 heavy (non-hydrogen) atoms. The van der Waals surface area contributed by atoms with Crippen LogP contribution in [0, 0.1) is 0 Å². The van der Waals surface area contributed by atoms with Gasteiger partial charge in [0.1, 0.15) is 12.4 Å². The lowest BCUT2D eigenvalue weighted by atomic mass is 10.1. The minimum atomic E-state index is 0.452. The molecular weight excluding hydrogens is 250 g/mol. The maximum absolute atomic E-state index is 5.91. The molecule has 1 saturated carbocycles. The highest BCUT2D eigenvalue weighted by Crippen LogP contribution is 2.19. The van der Waals surface area contributed by atoms with Crippen LogP contribution in [0.25, 0.3) is 0 Å². The normalized spacial score (nSPS) is 16.9. The van der Waals surface area contributed by atoms with Crippen molar-refractivity contribution in [3.05, 3.63) is 29.8 Å². The summed E-state index contributed by atoms with van der Waals surface area (Å²) in [6, 6.07) is 8.18. The number of hydrogen-bond donors (Lipinski definition) is 1. The van der Waals surface area contributed by atoms with Gasteiger partial charge in [-0.15, -0.1) is 0 Å². The third-order valence-corrected chi connectivity index (χ3v) is 3.86. The van der Waals surface area contributed by atoms with Gasteiger partial charge in [-0.25, -0.2) is 0 Å². The summed E-state index contributed by atoms with van der Waals surface area (Å²) >= 11 is 0. The van der Waals surface area contributed by atoms with Gasteiger partial charge in [-0.1, -0.05) is 37.8 Å². The lowest BCUT2D eigenvalue weighted by Crippen LogP contribution is -2.16. The Morgan fingerprint density at radius 2 is 1.65 bits per heavy atom. The second-order valence-electron chi connectivity index (χ2n) is 5.52. The topological polar surface area (TPSA) is 44.5 Å². The van der Waals surface area contributed by atoms with Crippen LogP contribution in [0.3, 0.4) is 0 Å². The van der Waals surface area contributed by atoms with Crippen LogP contribution in [0.1, 0.15) is 44.1 Å². The maximum atomic E-state index is 5.91. The van der Waals surface area contributed by atoms with Crippen LogP contribution >= 0.6 is 0 Å². The first-order valence-corrected chi connectivity index (χ1v) is 7.92. The quantitative estimate of drug-likeness (QED) is 0.614. The van der Waals surface area contributed by atoms with Crippen LogP contribution in [0.4, 0.5) is 0 Å². The molecule has 0 aliphatic heterocycles. The highest BCUT2D eigenvalue weighted by atomic mass is 16.5. The third-order valence-electron chi connectivity index (χ3n) is 3.86. The van der Waals surface area contributed by atoms with Crippen molar-refractivity contribution in [3.63, 3.8) is 0 Å². The van der Waals surface area contributed by atoms with Crippen molar-refractivity contribution in [2.24, 2.45) is 5.73 Å². The Morgan fingerprint density at radius 1 is 0.950 bits per heavy atom. The molecule has 1 aliphatic rings. The van der Waals surface area contributed by atoms with Gasteiger partial charge in [0, 0.05) is 0 Å². The molecule has 0 atom stereocenters. The summed E-state index contributed by atoms with van der Waals surface area (Å²) in [4.78, 5) is 0. The maximum Gasteiger partial charge on any atom is 0.119 e. The van der Waals surface area contributed by atoms with Gasteiger partial charge in [0.15, 0.2) is 0 Å². The fourth-order valence-electron chi connectivity index (χ4n) is 2.70. The standard InChI is InChI=1S/C17H27NO2/c18-12-11-15-7-9-17(10-8-15)20-14-13-19-16-5-3-1-2-4-6-16/h7-10,16H,1-6,11-14,18H2. The van der Waals surface area contributed by atoms with Gasteiger partial charge < -0.3 is 15.2 Å². The molecule has 0 radical (unpaired) electrons. The molecule has 2 N–H and O–H groups in total. The Bertz CT molecular complexity index is 356. The molecule has 1 fully saturated rings. The lowest BCUT2D eigenvalue weighted by Gasteiger charge is -2.15. The molecule has 0 amide bonds. The summed E-state index contributed by atoms with van der Waals surface area (Å²) in [7, 11) is 0. The number of benzene rings is 1. The second-order valence-corrected chi connectivity index (χ2v) is 5.52. The van der Waals surface area contributed by atoms with Crippen molar-refractivity contribution in [2.75, 3.05) is 19.8 Å². The highest BCUT2D eigenvalue weighted by molar-refractivity contribution is 5.27. The molecule has 0 unspecified atom stereocenters. The number of hydrogen-bond acceptors (Lipinski definition) is 3. The van der Waals surface area contributed by atoms with E-state index in [-0.39, 0.29) is 0 Å². The van der Waals surface area contributed by atoms with Crippen molar-refractivity contribution in [1.29, 1.82) is 0 Å². The van der Waals surface area contributed by atoms with Crippen molar-refractivity contribution >= 4 is 0 Å². The van der Waals surface area contributed by atoms with Gasteiger partial charge in [0.05, 0.1) is 12.7 Å². The second kappa shape index (κ2) is 8.98. The van der Waals surface area contributed by atoms with Crippen LogP contribution in [-0.2, 0) is 11.2 Å². The van der Waals surface area contributed by atoms with E-state index in [2.05, 4.69) is 12.1 Å². The van der Waals surface area contributed by atoms with Crippen molar-refractivity contribution in [2.45, 2.75) is 51.0 Å². The van der Waals surface area contributed by atoms with E-state index in [1.165, 1.54) is 44.1 Å². The Labute approximate surface area is 122 Å². The van der Waals surface area contributed by atoms with E-state index in [1.54, 1.807) is 0 Å². The first-order valence-electron chi connectivity index (χ1n) is 7.92. The molecule has 1 aromatic rings. The van der Waals surface area contributed by atoms with Gasteiger partial charge in [-0.05, 0) is 43.5 Å². The molecule has 0 bridgehead atoms. The molecule has 3 heteroatoms. The zero-order valence-corrected chi connectivity index (χ0v) is 12.4. The number of nitrogens with two attached hydrogens (primary N) is 1. The number of ether oxygens (including phenoxy) is 2. The zero-order valence-electron chi connectivity index (χ0n) is 12.4. The minimum absolute atomic E-state index is 0.452. The van der Waals surface area contributed by atoms with Crippen LogP contribution in [-0.4, -0.2) is 25.9 Å². The van der Waals surface area contributed by atoms with Crippen molar-refractivity contribution in [3.8, 4) is 5.75 Å². The molecule has 0 heterocycles. The molecule has 1 aromatic carbocycles. The fraction of sp³-hybridized carbons (Fsp3) is 0.647. The fourth-order valence-corrected chi connectivity index (χ4v) is 2.70. The summed E-state index contributed by atoms with van der Waals surface area (Å²) in [6.45, 7) is 2.01. The Balaban J connectivity index is 1.62. The molecule has 1 aliphatic carbocycles. The summed E-state index contributed by atoms with van der Waals surface area (Å²) in [5, 5.41) is 0. The monoisotopic (exact) mass is 277 g/mol. The SMILES string of the molecule is NCCc1ccc(OCCOC2CCCCCC2)cc1. The average molecular weight is 277 g/mol. The Kier molecular flexibility index (Phi) is 6.89. The molecule has 112 valence electrons. The van der Waals surface area contributed by atoms with Crippen LogP contribution in [0.2, 0.25) is 0 Å². The highest BCUT2D eigenvalue weighted by Gasteiger charge is 2.12. The van der Waals surface area contributed by atoms with E-state index in [0.717, 1.165) is 12.2 Å². The summed E-state index contributed by atoms with van der Waals surface area (Å²) in [6.07, 6.45) is 9.17. The zero-order chi connectivity index (χ0) is 14.0. The molecule has 0 saturated heterocycles. The summed E-state index contributed by atoms with van der Waals surface area (Å²) in [5.41, 5.74) is 6.79. The van der Waals surface area contributed by atoms with E-state index in [0.29, 0.717) is 25.9 Å². The first-order chi connectivity index (χ1) is 9.88. The molecule has 3 nitrogen and oxygen atoms in total. The summed E-state index contributed by atoms with van der Waals surface area (Å²) < 4.78 is 11.6. The Morgan fingerprint density at radius 3 is 2.30 bits per heavy atom. The van der Waals surface area contributed by atoms with E-state index < -0.39 is 0 Å². The van der Waals surface area contributed by atoms with Crippen LogP contribution in [0.5, 0.6) is 5.75 Å².